The van der Waals surface area contributed by atoms with E-state index in [-0.39, 0.29) is 12.8 Å². The number of aliphatic hydroxyl groups excluding tert-OH is 10. The molecule has 4 heterocycles. The van der Waals surface area contributed by atoms with Gasteiger partial charge in [-0.3, -0.25) is 57.5 Å². The summed E-state index contributed by atoms with van der Waals surface area (Å²) in [5, 5.41) is 180. The highest BCUT2D eigenvalue weighted by Gasteiger charge is 2.56. The first-order valence-electron chi connectivity index (χ1n) is 37.5. The number of hydrogen-bond donors (Lipinski definition) is 27. The molecule has 0 aliphatic carbocycles. The van der Waals surface area contributed by atoms with Crippen LogP contribution in [-0.4, -0.2) is 381 Å². The van der Waals surface area contributed by atoms with Gasteiger partial charge in [0, 0.05) is 40.5 Å². The molecule has 0 aromatic carbocycles. The van der Waals surface area contributed by atoms with Gasteiger partial charge in [0.25, 0.3) is 0 Å². The summed E-state index contributed by atoms with van der Waals surface area (Å²) in [6, 6.07) is -20.4. The molecule has 0 spiro atoms. The standard InChI is InChI=1S/C68H110N12O39/c1-23(70-57(97)25(3)112-53-45(74-29(7)87)65(110)114-39(21-83)51(53)118-67-43(72-27(5)85)49(93)47(91)37(19-81)116-67)55(95)78-35(63(106)107)15-17-41(89)76-32(12-9-11-31(69)60(100)101)59(99)80-34(62(104)105)14-10-13-33(61(102)103)77-42(90)18-16-36(64(108)109)79-56(96)24(2)71-58(98)26(4)113-54-46(75-30(8)88)66(111)115-40(22-84)52(54)119-68-44(73-28(6)86)50(94)48(92)38(20-82)117-68/h23-26,31-40,43-54,65-68,81-84,91-94,110-111H,9-22,69H2,1-8H3,(H,70,97)(H,71,98)(H,72,85)(H,73,86)(H,74,87)(H,75,88)(H,76,89)(H,77,90)(H,78,95)(H,79,96)(H,80,99)(H,100,101)(H,102,103)(H,104,105)(H,106,107)(H,108,109). The van der Waals surface area contributed by atoms with Crippen LogP contribution in [0.3, 0.4) is 0 Å². The molecule has 0 radical (unpaired) electrons. The summed E-state index contributed by atoms with van der Waals surface area (Å²) >= 11 is 0. The Morgan fingerprint density at radius 2 is 0.647 bits per heavy atom. The summed E-state index contributed by atoms with van der Waals surface area (Å²) < 4.78 is 46.3. The topological polar surface area (TPSA) is 809 Å². The number of nitrogens with two attached hydrogens (primary N) is 1. The van der Waals surface area contributed by atoms with E-state index in [9.17, 15) is 153 Å². The molecule has 30 atom stereocenters. The lowest BCUT2D eigenvalue weighted by Gasteiger charge is -2.48. The maximum Gasteiger partial charge on any atom is 0.326 e. The minimum absolute atomic E-state index is 0.220. The van der Waals surface area contributed by atoms with Gasteiger partial charge in [-0.05, 0) is 79.1 Å². The lowest BCUT2D eigenvalue weighted by molar-refractivity contribution is -0.333. The molecular weight excluding hydrogens is 1610 g/mol. The predicted octanol–water partition coefficient (Wildman–Crippen LogP) is -13.3. The SMILES string of the molecule is CC(=O)NC1C(OC2C(CO)OC(O)C(NC(C)=O)C2OC(C)C(=O)NC(C)C(=O)NC(CCC(=O)NC(CCCC(NC(=O)C(CCCC(N)C(=O)O)NC(=O)CCC(NC(=O)C(C)NC(=O)C(C)OC2C(NC(C)=O)C(O)OC(CO)C2OC2OC(CO)C(O)C(O)C2NC(C)=O)C(=O)O)C(=O)O)C(=O)O)C(=O)O)OC(CO)C(O)C1O. The molecule has 0 aromatic rings. The number of aliphatic hydroxyl groups is 10. The molecule has 28 N–H and O–H groups in total. The van der Waals surface area contributed by atoms with Gasteiger partial charge in [-0.25, -0.2) is 19.2 Å². The van der Waals surface area contributed by atoms with Crippen molar-refractivity contribution in [3.8, 4) is 0 Å². The lowest BCUT2D eigenvalue weighted by atomic mass is 9.94. The second-order valence-electron chi connectivity index (χ2n) is 28.6. The average Bonchev–Trinajstić information content (AvgIpc) is 0.776. The molecule has 4 fully saturated rings. The monoisotopic (exact) mass is 1720 g/mol. The summed E-state index contributed by atoms with van der Waals surface area (Å²) in [6.45, 7) is 4.83. The quantitative estimate of drug-likeness (QED) is 0.0269. The molecule has 4 saturated heterocycles. The second kappa shape index (κ2) is 48.3. The van der Waals surface area contributed by atoms with Crippen LogP contribution in [0, 0.1) is 0 Å². The highest BCUT2D eigenvalue weighted by molar-refractivity contribution is 5.94. The van der Waals surface area contributed by atoms with Gasteiger partial charge < -0.3 is 179 Å². The minimum atomic E-state index is -1.99. The second-order valence-corrected chi connectivity index (χ2v) is 28.6. The van der Waals surface area contributed by atoms with Crippen molar-refractivity contribution < 1.29 is 191 Å². The van der Waals surface area contributed by atoms with E-state index in [4.69, 9.17) is 43.6 Å². The molecule has 4 aliphatic rings. The van der Waals surface area contributed by atoms with E-state index in [1.807, 2.05) is 0 Å². The first-order chi connectivity index (χ1) is 55.7. The molecule has 4 aliphatic heterocycles. The molecule has 0 bridgehead atoms. The van der Waals surface area contributed by atoms with Crippen LogP contribution < -0.4 is 64.2 Å². The third kappa shape index (κ3) is 30.8. The largest absolute Gasteiger partial charge is 0.480 e. The van der Waals surface area contributed by atoms with Crippen LogP contribution in [0.1, 0.15) is 120 Å². The third-order valence-electron chi connectivity index (χ3n) is 19.2. The summed E-state index contributed by atoms with van der Waals surface area (Å²) in [4.78, 5) is 205. The first-order valence-corrected chi connectivity index (χ1v) is 37.5. The molecule has 30 unspecified atom stereocenters. The van der Waals surface area contributed by atoms with Gasteiger partial charge >= 0.3 is 29.8 Å². The van der Waals surface area contributed by atoms with E-state index >= 15 is 0 Å². The van der Waals surface area contributed by atoms with E-state index in [1.165, 1.54) is 0 Å². The van der Waals surface area contributed by atoms with Gasteiger partial charge in [0.2, 0.25) is 65.0 Å². The molecule has 51 nitrogen and oxygen atoms in total. The highest BCUT2D eigenvalue weighted by Crippen LogP contribution is 2.34. The number of nitrogens with one attached hydrogen (secondary N) is 11. The summed E-state index contributed by atoms with van der Waals surface area (Å²) in [5.41, 5.74) is 5.63. The van der Waals surface area contributed by atoms with Gasteiger partial charge in [-0.1, -0.05) is 0 Å². The molecule has 0 aromatic heterocycles. The van der Waals surface area contributed by atoms with Crippen LogP contribution in [0.15, 0.2) is 0 Å². The molecule has 51 heteroatoms. The van der Waals surface area contributed by atoms with E-state index < -0.39 is 356 Å². The first kappa shape index (κ1) is 102. The zero-order valence-corrected chi connectivity index (χ0v) is 65.8. The van der Waals surface area contributed by atoms with E-state index in [2.05, 4.69) is 58.5 Å². The van der Waals surface area contributed by atoms with Gasteiger partial charge in [0.15, 0.2) is 25.2 Å². The zero-order valence-electron chi connectivity index (χ0n) is 65.8. The third-order valence-corrected chi connectivity index (χ3v) is 19.2. The van der Waals surface area contributed by atoms with Crippen LogP contribution in [0.5, 0.6) is 0 Å². The van der Waals surface area contributed by atoms with Gasteiger partial charge in [-0.15, -0.1) is 0 Å². The number of carboxylic acids is 5. The van der Waals surface area contributed by atoms with Crippen LogP contribution >= 0.6 is 0 Å². The zero-order chi connectivity index (χ0) is 89.9. The van der Waals surface area contributed by atoms with Gasteiger partial charge in [-0.2, -0.15) is 0 Å². The van der Waals surface area contributed by atoms with Crippen molar-refractivity contribution in [1.29, 1.82) is 0 Å². The van der Waals surface area contributed by atoms with Crippen molar-refractivity contribution in [2.45, 2.75) is 303 Å². The maximum atomic E-state index is 13.8. The molecule has 0 saturated carbocycles. The number of amides is 11. The Bertz CT molecular complexity index is 3500. The smallest absolute Gasteiger partial charge is 0.326 e. The number of carbonyl (C=O) groups excluding carboxylic acids is 11. The normalized spacial score (nSPS) is 29.3. The van der Waals surface area contributed by atoms with Crippen molar-refractivity contribution in [3.63, 3.8) is 0 Å². The van der Waals surface area contributed by atoms with Crippen LogP contribution in [-0.2, 0) is 115 Å². The fraction of sp³-hybridized carbons (Fsp3) is 0.765. The summed E-state index contributed by atoms with van der Waals surface area (Å²) in [5.74, 6) is -19.5. The highest BCUT2D eigenvalue weighted by atomic mass is 16.7. The van der Waals surface area contributed by atoms with E-state index in [0.29, 0.717) is 0 Å². The number of carbonyl (C=O) groups is 16. The Morgan fingerprint density at radius 3 is 0.975 bits per heavy atom. The maximum absolute atomic E-state index is 13.8. The van der Waals surface area contributed by atoms with Crippen LogP contribution in [0.2, 0.25) is 0 Å². The summed E-state index contributed by atoms with van der Waals surface area (Å²) in [6.07, 6.45) is -36.9. The van der Waals surface area contributed by atoms with E-state index in [1.54, 1.807) is 0 Å². The Labute approximate surface area is 677 Å². The van der Waals surface area contributed by atoms with Gasteiger partial charge in [0.05, 0.1) is 26.4 Å². The van der Waals surface area contributed by atoms with Crippen molar-refractivity contribution in [1.82, 2.24) is 58.5 Å². The van der Waals surface area contributed by atoms with Crippen molar-refractivity contribution in [2.24, 2.45) is 5.73 Å². The predicted molar refractivity (Wildman–Crippen MR) is 387 cm³/mol. The van der Waals surface area contributed by atoms with Crippen LogP contribution in [0.25, 0.3) is 0 Å². The van der Waals surface area contributed by atoms with Crippen LogP contribution in [0.4, 0.5) is 0 Å². The molecule has 676 valence electrons. The van der Waals surface area contributed by atoms with Gasteiger partial charge in [0.1, 0.15) is 158 Å². The summed E-state index contributed by atoms with van der Waals surface area (Å²) in [7, 11) is 0. The molecule has 119 heavy (non-hydrogen) atoms. The Morgan fingerprint density at radius 1 is 0.345 bits per heavy atom. The Kier molecular flexibility index (Phi) is 41.4. The lowest BCUT2D eigenvalue weighted by Crippen LogP contribution is -2.70. The number of rotatable bonds is 47. The number of hydrogen-bond acceptors (Lipinski definition) is 35. The van der Waals surface area contributed by atoms with E-state index in [0.717, 1.165) is 55.4 Å². The van der Waals surface area contributed by atoms with Crippen molar-refractivity contribution in [2.75, 3.05) is 26.4 Å². The minimum Gasteiger partial charge on any atom is -0.480 e. The fourth-order valence-corrected chi connectivity index (χ4v) is 12.9. The molecule has 11 amide bonds. The molecule has 4 rings (SSSR count). The number of carboxylic acid groups (broad SMARTS) is 5. The Balaban J connectivity index is 1.37. The fourth-order valence-electron chi connectivity index (χ4n) is 12.9. The molecular formula is C68H110N12O39. The van der Waals surface area contributed by atoms with Crippen molar-refractivity contribution in [3.05, 3.63) is 0 Å². The Hall–Kier alpha value is -9.24. The number of aliphatic carboxylic acids is 5. The average molecular weight is 1720 g/mol. The number of ether oxygens (including phenoxy) is 8. The van der Waals surface area contributed by atoms with Crippen molar-refractivity contribution >= 4 is 94.8 Å².